The fourth-order valence-electron chi connectivity index (χ4n) is 8.31. The molecule has 8 heteroatoms. The first-order valence-electron chi connectivity index (χ1n) is 24.8. The summed E-state index contributed by atoms with van der Waals surface area (Å²) in [6, 6.07) is 45.9. The lowest BCUT2D eigenvalue weighted by atomic mass is 9.92. The van der Waals surface area contributed by atoms with Crippen LogP contribution in [-0.4, -0.2) is 51.8 Å². The maximum atomic E-state index is 5.49. The van der Waals surface area contributed by atoms with Gasteiger partial charge in [-0.2, -0.15) is 0 Å². The predicted molar refractivity (Wildman–Crippen MR) is 321 cm³/mol. The second-order valence-electron chi connectivity index (χ2n) is 22.8. The monoisotopic (exact) mass is 998 g/mol. The average molecular weight is 1000 g/mol. The molecule has 0 atom stereocenters. The Kier molecular flexibility index (Phi) is 13.5. The summed E-state index contributed by atoms with van der Waals surface area (Å²) in [4.78, 5) is 14.3. The van der Waals surface area contributed by atoms with Crippen LogP contribution in [0.15, 0.2) is 127 Å². The van der Waals surface area contributed by atoms with Crippen LogP contribution in [0.1, 0.15) is 45.0 Å². The summed E-state index contributed by atoms with van der Waals surface area (Å²) in [7, 11) is -6.52. The van der Waals surface area contributed by atoms with E-state index in [0.29, 0.717) is 0 Å². The van der Waals surface area contributed by atoms with Gasteiger partial charge >= 0.3 is 0 Å². The Morgan fingerprint density at radius 2 is 0.736 bits per heavy atom. The van der Waals surface area contributed by atoms with E-state index in [-0.39, 0.29) is 0 Å². The van der Waals surface area contributed by atoms with Gasteiger partial charge in [0.15, 0.2) is 0 Å². The van der Waals surface area contributed by atoms with Crippen LogP contribution in [0.5, 0.6) is 0 Å². The molecular weight excluding hydrogens is 937 g/mol. The van der Waals surface area contributed by atoms with Crippen LogP contribution in [0, 0.1) is 45.9 Å². The van der Waals surface area contributed by atoms with Crippen molar-refractivity contribution >= 4 is 78.7 Å². The maximum absolute atomic E-state index is 5.49. The number of aromatic nitrogens is 4. The standard InChI is InChI=1S/C64H62N4Si4/c1-69(2,3)39-35-46-13-21-50(22-14-46)61-59-34-31-56(67-59)44-55-28-27-53(65-55)43-54-29-30-57(66-54)45-60-62(51-23-15-47(16-24-51)36-40-70(4,5)6)63(52-25-17-48(18-26-52)37-41-71(7,8)9)64(61)68(60)58-32-19-49(20-33-58)38-42-72(10,11)12/h13-34,43-45,65H,1-12H3. The number of H-pyrrole nitrogens is 1. The van der Waals surface area contributed by atoms with Gasteiger partial charge in [-0.05, 0) is 132 Å². The van der Waals surface area contributed by atoms with Crippen LogP contribution in [0.3, 0.4) is 0 Å². The van der Waals surface area contributed by atoms with E-state index >= 15 is 0 Å². The van der Waals surface area contributed by atoms with E-state index in [1.807, 2.05) is 0 Å². The molecule has 0 saturated carbocycles. The van der Waals surface area contributed by atoms with Gasteiger partial charge in [-0.15, -0.1) is 22.2 Å². The van der Waals surface area contributed by atoms with Crippen LogP contribution < -0.4 is 0 Å². The van der Waals surface area contributed by atoms with Crippen LogP contribution in [-0.2, 0) is 0 Å². The van der Waals surface area contributed by atoms with Crippen molar-refractivity contribution < 1.29 is 0 Å². The topological polar surface area (TPSA) is 46.5 Å². The zero-order valence-corrected chi connectivity index (χ0v) is 47.8. The fraction of sp³-hybridized carbons (Fsp3) is 0.188. The highest BCUT2D eigenvalue weighted by molar-refractivity contribution is 6.85. The second kappa shape index (κ2) is 19.7. The molecule has 7 aromatic rings. The molecule has 0 aliphatic carbocycles. The summed E-state index contributed by atoms with van der Waals surface area (Å²) in [5, 5.41) is 0. The lowest BCUT2D eigenvalue weighted by Gasteiger charge is -2.14. The van der Waals surface area contributed by atoms with E-state index < -0.39 is 32.3 Å². The fourth-order valence-corrected chi connectivity index (χ4v) is 10.4. The third kappa shape index (κ3) is 12.2. The normalized spacial score (nSPS) is 12.2. The van der Waals surface area contributed by atoms with Gasteiger partial charge in [0.2, 0.25) is 0 Å². The van der Waals surface area contributed by atoms with E-state index in [4.69, 9.17) is 9.97 Å². The van der Waals surface area contributed by atoms with Crippen molar-refractivity contribution in [2.45, 2.75) is 78.6 Å². The SMILES string of the molecule is C[Si](C)(C)C#Cc1ccc(-c2c(-c3ccc(C#C[Si](C)(C)C)cc3)c3c(-c4ccc(C#C[Si](C)(C)C)cc4)c4nc(cc5ccc(cc6nc(cc2n3-c2ccc(C#C[Si](C)(C)C)cc2)C=C6)[nH]5)C=C4)cc1. The Hall–Kier alpha value is -7.41. The molecule has 8 bridgehead atoms. The van der Waals surface area contributed by atoms with Gasteiger partial charge in [0.05, 0.1) is 33.8 Å². The molecule has 1 N–H and O–H groups in total. The zero-order chi connectivity index (χ0) is 51.0. The van der Waals surface area contributed by atoms with Gasteiger partial charge in [0.1, 0.15) is 32.3 Å². The van der Waals surface area contributed by atoms with Crippen molar-refractivity contribution in [3.05, 3.63) is 172 Å². The molecule has 2 aliphatic heterocycles. The molecule has 0 amide bonds. The van der Waals surface area contributed by atoms with Crippen LogP contribution in [0.2, 0.25) is 78.6 Å². The molecule has 354 valence electrons. The summed E-state index contributed by atoms with van der Waals surface area (Å²) in [6.07, 6.45) is 8.50. The minimum absolute atomic E-state index is 0.845. The number of rotatable bonds is 4. The van der Waals surface area contributed by atoms with Crippen molar-refractivity contribution in [1.29, 1.82) is 0 Å². The average Bonchev–Trinajstić information content (AvgIpc) is 4.14. The number of nitrogens with zero attached hydrogens (tertiary/aromatic N) is 3. The number of hydrogen-bond donors (Lipinski definition) is 1. The largest absolute Gasteiger partial charge is 0.355 e. The highest BCUT2D eigenvalue weighted by Gasteiger charge is 2.26. The Balaban J connectivity index is 1.51. The highest BCUT2D eigenvalue weighted by Crippen LogP contribution is 2.47. The van der Waals surface area contributed by atoms with Gasteiger partial charge in [0, 0.05) is 55.7 Å². The summed E-state index contributed by atoms with van der Waals surface area (Å²) in [6.45, 7) is 27.4. The molecular formula is C64H62N4Si4. The number of benzene rings is 4. The van der Waals surface area contributed by atoms with Crippen molar-refractivity contribution in [3.63, 3.8) is 0 Å². The van der Waals surface area contributed by atoms with Crippen molar-refractivity contribution in [1.82, 2.24) is 19.5 Å². The first-order valence-corrected chi connectivity index (χ1v) is 38.8. The van der Waals surface area contributed by atoms with Crippen LogP contribution >= 0.6 is 0 Å². The summed E-state index contributed by atoms with van der Waals surface area (Å²) in [5.74, 6) is 14.1. The molecule has 4 aromatic carbocycles. The number of aromatic amines is 1. The molecule has 0 radical (unpaired) electrons. The Morgan fingerprint density at radius 1 is 0.375 bits per heavy atom. The third-order valence-electron chi connectivity index (χ3n) is 11.6. The van der Waals surface area contributed by atoms with Gasteiger partial charge in [-0.25, -0.2) is 9.97 Å². The van der Waals surface area contributed by atoms with Crippen LogP contribution in [0.4, 0.5) is 0 Å². The lowest BCUT2D eigenvalue weighted by molar-refractivity contribution is 1.17. The van der Waals surface area contributed by atoms with E-state index in [9.17, 15) is 0 Å². The van der Waals surface area contributed by atoms with Gasteiger partial charge in [0.25, 0.3) is 0 Å². The molecule has 9 rings (SSSR count). The zero-order valence-electron chi connectivity index (χ0n) is 43.8. The van der Waals surface area contributed by atoms with Gasteiger partial charge in [-0.1, -0.05) is 139 Å². The van der Waals surface area contributed by atoms with Crippen molar-refractivity contribution in [3.8, 4) is 84.9 Å². The lowest BCUT2D eigenvalue weighted by Crippen LogP contribution is -2.16. The van der Waals surface area contributed by atoms with E-state index in [1.54, 1.807) is 0 Å². The third-order valence-corrected chi connectivity index (χ3v) is 15.1. The van der Waals surface area contributed by atoms with E-state index in [0.717, 1.165) is 106 Å². The summed E-state index contributed by atoms with van der Waals surface area (Å²) in [5.41, 5.74) is 32.9. The van der Waals surface area contributed by atoms with E-state index in [1.165, 1.54) is 0 Å². The van der Waals surface area contributed by atoms with E-state index in [2.05, 4.69) is 286 Å². The maximum Gasteiger partial charge on any atom is 0.129 e. The molecule has 3 aromatic heterocycles. The van der Waals surface area contributed by atoms with Gasteiger partial charge in [-0.3, -0.25) is 0 Å². The van der Waals surface area contributed by atoms with Gasteiger partial charge < -0.3 is 9.55 Å². The molecule has 0 spiro atoms. The van der Waals surface area contributed by atoms with Crippen LogP contribution in [0.25, 0.3) is 85.4 Å². The molecule has 0 unspecified atom stereocenters. The smallest absolute Gasteiger partial charge is 0.129 e. The predicted octanol–water partition coefficient (Wildman–Crippen LogP) is 16.0. The Labute approximate surface area is 431 Å². The minimum atomic E-state index is -1.63. The summed E-state index contributed by atoms with van der Waals surface area (Å²) >= 11 is 0. The molecule has 2 aliphatic rings. The number of fused-ring (bicyclic) bond motifs is 8. The minimum Gasteiger partial charge on any atom is -0.355 e. The molecule has 5 heterocycles. The number of hydrogen-bond acceptors (Lipinski definition) is 2. The Bertz CT molecular complexity index is 3760. The number of nitrogens with one attached hydrogen (secondary N) is 1. The van der Waals surface area contributed by atoms with Crippen molar-refractivity contribution in [2.75, 3.05) is 0 Å². The highest BCUT2D eigenvalue weighted by atomic mass is 28.3. The molecule has 72 heavy (non-hydrogen) atoms. The molecule has 4 nitrogen and oxygen atoms in total. The first-order chi connectivity index (χ1) is 34.1. The summed E-state index contributed by atoms with van der Waals surface area (Å²) < 4.78 is 2.44. The molecule has 0 fully saturated rings. The Morgan fingerprint density at radius 3 is 1.17 bits per heavy atom. The quantitative estimate of drug-likeness (QED) is 0.141. The molecule has 0 saturated heterocycles. The second-order valence-corrected chi connectivity index (χ2v) is 41.8. The first kappa shape index (κ1) is 49.6. The van der Waals surface area contributed by atoms with Crippen molar-refractivity contribution in [2.24, 2.45) is 0 Å².